The summed E-state index contributed by atoms with van der Waals surface area (Å²) in [5.74, 6) is -1.02. The van der Waals surface area contributed by atoms with Gasteiger partial charge in [0, 0.05) is 19.3 Å². The number of allylic oxidation sites excluding steroid dienone is 14. The molecule has 0 spiro atoms. The molecule has 0 aromatic carbocycles. The van der Waals surface area contributed by atoms with Crippen molar-refractivity contribution in [3.8, 4) is 0 Å². The summed E-state index contributed by atoms with van der Waals surface area (Å²) in [6, 6.07) is 0. The smallest absolute Gasteiger partial charge is 0.306 e. The highest BCUT2D eigenvalue weighted by Crippen LogP contribution is 2.14. The van der Waals surface area contributed by atoms with Crippen molar-refractivity contribution in [1.82, 2.24) is 0 Å². The maximum atomic E-state index is 12.8. The van der Waals surface area contributed by atoms with E-state index in [2.05, 4.69) is 106 Å². The summed E-state index contributed by atoms with van der Waals surface area (Å²) in [6.07, 6.45) is 67.2. The average Bonchev–Trinajstić information content (AvgIpc) is 3.29. The zero-order valence-electron chi connectivity index (χ0n) is 41.8. The van der Waals surface area contributed by atoms with Crippen LogP contribution >= 0.6 is 0 Å². The molecule has 6 nitrogen and oxygen atoms in total. The molecule has 0 aromatic rings. The van der Waals surface area contributed by atoms with E-state index in [1.165, 1.54) is 128 Å². The standard InChI is InChI=1S/C58H98O6/c1-4-7-10-13-16-19-22-25-27-29-31-33-36-39-42-45-48-51-57(60)63-54-55(53-62-56(59)50-47-44-41-38-35-24-21-18-15-12-9-6-3)64-58(61)52-49-46-43-40-37-34-32-30-28-26-23-20-17-14-11-8-5-2/h16,19,25-28,31-34,39-40,42-43,55H,4-15,17-18,20-24,29-30,35-38,41,44-54H2,1-3H3/b19-16-,27-25-,28-26-,33-31-,34-32-,42-39-,43-40-. The Balaban J connectivity index is 4.54. The zero-order valence-corrected chi connectivity index (χ0v) is 41.8. The van der Waals surface area contributed by atoms with E-state index in [1.54, 1.807) is 0 Å². The van der Waals surface area contributed by atoms with Crippen molar-refractivity contribution in [3.05, 3.63) is 85.1 Å². The lowest BCUT2D eigenvalue weighted by Crippen LogP contribution is -2.30. The lowest BCUT2D eigenvalue weighted by atomic mass is 10.0. The van der Waals surface area contributed by atoms with Gasteiger partial charge in [-0.05, 0) is 89.9 Å². The van der Waals surface area contributed by atoms with Crippen molar-refractivity contribution in [2.75, 3.05) is 13.2 Å². The molecule has 1 atom stereocenters. The van der Waals surface area contributed by atoms with Crippen LogP contribution in [-0.2, 0) is 28.6 Å². The molecule has 0 fully saturated rings. The Bertz CT molecular complexity index is 1250. The van der Waals surface area contributed by atoms with E-state index >= 15 is 0 Å². The normalized spacial score (nSPS) is 12.7. The molecule has 6 heteroatoms. The van der Waals surface area contributed by atoms with Crippen LogP contribution in [0.15, 0.2) is 85.1 Å². The molecule has 0 aliphatic rings. The van der Waals surface area contributed by atoms with Gasteiger partial charge in [0.25, 0.3) is 0 Å². The first kappa shape index (κ1) is 60.6. The van der Waals surface area contributed by atoms with Crippen LogP contribution in [0.1, 0.15) is 245 Å². The Morgan fingerprint density at radius 3 is 0.969 bits per heavy atom. The van der Waals surface area contributed by atoms with Crippen LogP contribution < -0.4 is 0 Å². The van der Waals surface area contributed by atoms with Crippen LogP contribution in [-0.4, -0.2) is 37.2 Å². The molecular weight excluding hydrogens is 793 g/mol. The third-order valence-electron chi connectivity index (χ3n) is 11.1. The van der Waals surface area contributed by atoms with Gasteiger partial charge in [-0.25, -0.2) is 0 Å². The van der Waals surface area contributed by atoms with Crippen molar-refractivity contribution in [3.63, 3.8) is 0 Å². The Labute approximate surface area is 395 Å². The summed E-state index contributed by atoms with van der Waals surface area (Å²) in [5.41, 5.74) is 0. The first-order chi connectivity index (χ1) is 31.5. The fourth-order valence-electron chi connectivity index (χ4n) is 7.10. The van der Waals surface area contributed by atoms with E-state index in [0.29, 0.717) is 19.3 Å². The summed E-state index contributed by atoms with van der Waals surface area (Å²) in [4.78, 5) is 37.9. The number of hydrogen-bond acceptors (Lipinski definition) is 6. The highest BCUT2D eigenvalue weighted by Gasteiger charge is 2.19. The van der Waals surface area contributed by atoms with E-state index in [4.69, 9.17) is 14.2 Å². The molecule has 0 amide bonds. The quantitative estimate of drug-likeness (QED) is 0.0262. The van der Waals surface area contributed by atoms with Crippen molar-refractivity contribution < 1.29 is 28.6 Å². The first-order valence-corrected chi connectivity index (χ1v) is 26.6. The molecule has 0 aliphatic heterocycles. The molecule has 0 N–H and O–H groups in total. The molecule has 0 aliphatic carbocycles. The van der Waals surface area contributed by atoms with Gasteiger partial charge in [0.05, 0.1) is 0 Å². The molecule has 64 heavy (non-hydrogen) atoms. The number of hydrogen-bond donors (Lipinski definition) is 0. The van der Waals surface area contributed by atoms with Crippen molar-refractivity contribution in [2.24, 2.45) is 0 Å². The number of carbonyl (C=O) groups is 3. The minimum absolute atomic E-state index is 0.112. The Morgan fingerprint density at radius 1 is 0.312 bits per heavy atom. The molecule has 0 saturated carbocycles. The number of esters is 3. The fraction of sp³-hybridized carbons (Fsp3) is 0.707. The predicted octanol–water partition coefficient (Wildman–Crippen LogP) is 17.6. The van der Waals surface area contributed by atoms with Crippen molar-refractivity contribution >= 4 is 17.9 Å². The van der Waals surface area contributed by atoms with Gasteiger partial charge in [-0.3, -0.25) is 14.4 Å². The van der Waals surface area contributed by atoms with Gasteiger partial charge in [0.2, 0.25) is 0 Å². The third-order valence-corrected chi connectivity index (χ3v) is 11.1. The summed E-state index contributed by atoms with van der Waals surface area (Å²) in [7, 11) is 0. The molecule has 0 rings (SSSR count). The van der Waals surface area contributed by atoms with Crippen molar-refractivity contribution in [2.45, 2.75) is 252 Å². The summed E-state index contributed by atoms with van der Waals surface area (Å²) in [6.45, 7) is 6.51. The number of unbranched alkanes of at least 4 members (excludes halogenated alkanes) is 22. The highest BCUT2D eigenvalue weighted by molar-refractivity contribution is 5.71. The number of carbonyl (C=O) groups excluding carboxylic acids is 3. The largest absolute Gasteiger partial charge is 0.462 e. The summed E-state index contributed by atoms with van der Waals surface area (Å²) < 4.78 is 16.7. The molecule has 0 bridgehead atoms. The lowest BCUT2D eigenvalue weighted by molar-refractivity contribution is -0.167. The minimum Gasteiger partial charge on any atom is -0.462 e. The van der Waals surface area contributed by atoms with Gasteiger partial charge >= 0.3 is 17.9 Å². The molecule has 366 valence electrons. The van der Waals surface area contributed by atoms with Gasteiger partial charge in [-0.15, -0.1) is 0 Å². The van der Waals surface area contributed by atoms with Gasteiger partial charge < -0.3 is 14.2 Å². The van der Waals surface area contributed by atoms with Gasteiger partial charge in [0.1, 0.15) is 13.2 Å². The second-order valence-electron chi connectivity index (χ2n) is 17.4. The van der Waals surface area contributed by atoms with Crippen LogP contribution in [0.25, 0.3) is 0 Å². The maximum Gasteiger partial charge on any atom is 0.306 e. The van der Waals surface area contributed by atoms with Crippen LogP contribution in [0.4, 0.5) is 0 Å². The Morgan fingerprint density at radius 2 is 0.578 bits per heavy atom. The van der Waals surface area contributed by atoms with Gasteiger partial charge in [-0.2, -0.15) is 0 Å². The van der Waals surface area contributed by atoms with Crippen LogP contribution in [0.3, 0.4) is 0 Å². The van der Waals surface area contributed by atoms with E-state index in [0.717, 1.165) is 64.2 Å². The summed E-state index contributed by atoms with van der Waals surface area (Å²) in [5, 5.41) is 0. The zero-order chi connectivity index (χ0) is 46.5. The van der Waals surface area contributed by atoms with Crippen LogP contribution in [0.5, 0.6) is 0 Å². The van der Waals surface area contributed by atoms with Gasteiger partial charge in [0.15, 0.2) is 6.10 Å². The summed E-state index contributed by atoms with van der Waals surface area (Å²) >= 11 is 0. The fourth-order valence-corrected chi connectivity index (χ4v) is 7.10. The molecular formula is C58H98O6. The number of ether oxygens (including phenoxy) is 3. The topological polar surface area (TPSA) is 78.9 Å². The molecule has 1 unspecified atom stereocenters. The van der Waals surface area contributed by atoms with Crippen molar-refractivity contribution in [1.29, 1.82) is 0 Å². The SMILES string of the molecule is CCCCC/C=C\C/C=C\C/C=C\C/C=C\CCCC(=O)OCC(COC(=O)CCCCCCCCCCCCCC)OC(=O)CCC/C=C\C/C=C\C/C=C\CCCCCCCC. The molecule has 0 saturated heterocycles. The monoisotopic (exact) mass is 891 g/mol. The van der Waals surface area contributed by atoms with Gasteiger partial charge in [-0.1, -0.05) is 221 Å². The number of rotatable bonds is 47. The van der Waals surface area contributed by atoms with E-state index in [1.807, 2.05) is 0 Å². The van der Waals surface area contributed by atoms with Crippen LogP contribution in [0.2, 0.25) is 0 Å². The maximum absolute atomic E-state index is 12.8. The van der Waals surface area contributed by atoms with Crippen LogP contribution in [0, 0.1) is 0 Å². The molecule has 0 heterocycles. The second-order valence-corrected chi connectivity index (χ2v) is 17.4. The van der Waals surface area contributed by atoms with E-state index in [9.17, 15) is 14.4 Å². The average molecular weight is 891 g/mol. The first-order valence-electron chi connectivity index (χ1n) is 26.6. The molecule has 0 aromatic heterocycles. The van der Waals surface area contributed by atoms with E-state index in [-0.39, 0.29) is 44.0 Å². The third kappa shape index (κ3) is 49.6. The van der Waals surface area contributed by atoms with E-state index < -0.39 is 6.10 Å². The Kier molecular flexibility index (Phi) is 49.4. The Hall–Kier alpha value is -3.41. The predicted molar refractivity (Wildman–Crippen MR) is 274 cm³/mol. The molecule has 0 radical (unpaired) electrons. The minimum atomic E-state index is -0.823. The lowest BCUT2D eigenvalue weighted by Gasteiger charge is -2.18. The highest BCUT2D eigenvalue weighted by atomic mass is 16.6. The second kappa shape index (κ2) is 52.2.